The van der Waals surface area contributed by atoms with Crippen LogP contribution >= 0.6 is 0 Å². The van der Waals surface area contributed by atoms with Crippen LogP contribution in [0.1, 0.15) is 34.7 Å². The number of amides is 1. The molecule has 1 unspecified atom stereocenters. The van der Waals surface area contributed by atoms with Crippen LogP contribution in [-0.4, -0.2) is 30.5 Å². The van der Waals surface area contributed by atoms with Crippen LogP contribution in [0.2, 0.25) is 0 Å². The third-order valence-corrected chi connectivity index (χ3v) is 4.19. The lowest BCUT2D eigenvalue weighted by molar-refractivity contribution is 0.0703. The normalized spacial score (nSPS) is 17.7. The summed E-state index contributed by atoms with van der Waals surface area (Å²) in [5, 5.41) is 0. The number of ether oxygens (including phenoxy) is 1. The standard InChI is InChI=1S/C18H21NO3/c1-13-8-9-17(22-13)18(20)19-10-4-6-15(19)11-14-5-3-7-16(12-14)21-2/h3,5,7-9,12,15H,4,6,10-11H2,1-2H3. The van der Waals surface area contributed by atoms with Crippen LogP contribution < -0.4 is 4.74 Å². The highest BCUT2D eigenvalue weighted by atomic mass is 16.5. The third kappa shape index (κ3) is 3.01. The molecule has 116 valence electrons. The molecule has 1 saturated heterocycles. The molecule has 4 nitrogen and oxygen atoms in total. The second-order valence-electron chi connectivity index (χ2n) is 5.76. The Balaban J connectivity index is 1.74. The van der Waals surface area contributed by atoms with Crippen LogP contribution in [0.25, 0.3) is 0 Å². The van der Waals surface area contributed by atoms with Gasteiger partial charge in [0.15, 0.2) is 5.76 Å². The van der Waals surface area contributed by atoms with Crippen molar-refractivity contribution in [3.63, 3.8) is 0 Å². The van der Waals surface area contributed by atoms with E-state index in [0.29, 0.717) is 5.76 Å². The Bertz CT molecular complexity index is 662. The first-order valence-corrected chi connectivity index (χ1v) is 7.67. The first-order valence-electron chi connectivity index (χ1n) is 7.67. The van der Waals surface area contributed by atoms with Gasteiger partial charge in [0.05, 0.1) is 7.11 Å². The Hall–Kier alpha value is -2.23. The molecule has 0 radical (unpaired) electrons. The first-order chi connectivity index (χ1) is 10.7. The van der Waals surface area contributed by atoms with E-state index in [2.05, 4.69) is 6.07 Å². The minimum atomic E-state index is -0.00139. The topological polar surface area (TPSA) is 42.7 Å². The number of aryl methyl sites for hydroxylation is 1. The molecule has 1 fully saturated rings. The molecule has 0 aliphatic carbocycles. The second-order valence-corrected chi connectivity index (χ2v) is 5.76. The number of hydrogen-bond donors (Lipinski definition) is 0. The first kappa shape index (κ1) is 14.7. The summed E-state index contributed by atoms with van der Waals surface area (Å²) in [4.78, 5) is 14.5. The van der Waals surface area contributed by atoms with Crippen molar-refractivity contribution >= 4 is 5.91 Å². The highest BCUT2D eigenvalue weighted by molar-refractivity contribution is 5.92. The zero-order valence-corrected chi connectivity index (χ0v) is 13.0. The average molecular weight is 299 g/mol. The van der Waals surface area contributed by atoms with Gasteiger partial charge >= 0.3 is 0 Å². The van der Waals surface area contributed by atoms with Crippen LogP contribution in [0, 0.1) is 6.92 Å². The summed E-state index contributed by atoms with van der Waals surface area (Å²) in [5.41, 5.74) is 1.19. The van der Waals surface area contributed by atoms with Crippen LogP contribution in [0.3, 0.4) is 0 Å². The summed E-state index contributed by atoms with van der Waals surface area (Å²) < 4.78 is 10.8. The molecule has 1 aromatic heterocycles. The smallest absolute Gasteiger partial charge is 0.289 e. The molecule has 0 N–H and O–H groups in total. The number of hydrogen-bond acceptors (Lipinski definition) is 3. The van der Waals surface area contributed by atoms with Gasteiger partial charge in [0.25, 0.3) is 5.91 Å². The molecular weight excluding hydrogens is 278 g/mol. The molecule has 1 aliphatic rings. The molecule has 0 saturated carbocycles. The maximum Gasteiger partial charge on any atom is 0.289 e. The van der Waals surface area contributed by atoms with E-state index in [1.54, 1.807) is 13.2 Å². The molecule has 1 amide bonds. The van der Waals surface area contributed by atoms with E-state index in [9.17, 15) is 4.79 Å². The van der Waals surface area contributed by atoms with Gasteiger partial charge in [-0.05, 0) is 56.0 Å². The molecule has 1 atom stereocenters. The van der Waals surface area contributed by atoms with Crippen LogP contribution in [-0.2, 0) is 6.42 Å². The minimum Gasteiger partial charge on any atom is -0.497 e. The lowest BCUT2D eigenvalue weighted by atomic mass is 10.0. The number of benzene rings is 1. The number of rotatable bonds is 4. The summed E-state index contributed by atoms with van der Waals surface area (Å²) in [5.74, 6) is 2.07. The van der Waals surface area contributed by atoms with Crippen molar-refractivity contribution in [2.24, 2.45) is 0 Å². The van der Waals surface area contributed by atoms with E-state index in [-0.39, 0.29) is 11.9 Å². The summed E-state index contributed by atoms with van der Waals surface area (Å²) in [7, 11) is 1.67. The number of nitrogens with zero attached hydrogens (tertiary/aromatic N) is 1. The predicted octanol–water partition coefficient (Wildman–Crippen LogP) is 3.44. The fourth-order valence-electron chi connectivity index (χ4n) is 3.08. The van der Waals surface area contributed by atoms with E-state index in [0.717, 1.165) is 37.3 Å². The molecule has 4 heteroatoms. The van der Waals surface area contributed by atoms with Gasteiger partial charge in [-0.3, -0.25) is 4.79 Å². The second kappa shape index (κ2) is 6.26. The van der Waals surface area contributed by atoms with Crippen molar-refractivity contribution < 1.29 is 13.9 Å². The van der Waals surface area contributed by atoms with Crippen molar-refractivity contribution in [3.8, 4) is 5.75 Å². The summed E-state index contributed by atoms with van der Waals surface area (Å²) in [6, 6.07) is 11.9. The lowest BCUT2D eigenvalue weighted by Gasteiger charge is -2.24. The van der Waals surface area contributed by atoms with E-state index in [4.69, 9.17) is 9.15 Å². The van der Waals surface area contributed by atoms with E-state index in [1.165, 1.54) is 5.56 Å². The molecular formula is C18H21NO3. The average Bonchev–Trinajstić information content (AvgIpc) is 3.16. The van der Waals surface area contributed by atoms with E-state index in [1.807, 2.05) is 36.1 Å². The Morgan fingerprint density at radius 1 is 1.36 bits per heavy atom. The molecule has 2 heterocycles. The molecule has 3 rings (SSSR count). The Labute approximate surface area is 130 Å². The maximum atomic E-state index is 12.6. The minimum absolute atomic E-state index is 0.00139. The van der Waals surface area contributed by atoms with Gasteiger partial charge in [-0.1, -0.05) is 12.1 Å². The van der Waals surface area contributed by atoms with Gasteiger partial charge in [0.1, 0.15) is 11.5 Å². The van der Waals surface area contributed by atoms with Crippen LogP contribution in [0.4, 0.5) is 0 Å². The molecule has 1 aromatic carbocycles. The van der Waals surface area contributed by atoms with Gasteiger partial charge in [0, 0.05) is 12.6 Å². The molecule has 22 heavy (non-hydrogen) atoms. The number of likely N-dealkylation sites (tertiary alicyclic amines) is 1. The van der Waals surface area contributed by atoms with Gasteiger partial charge in [-0.2, -0.15) is 0 Å². The zero-order valence-electron chi connectivity index (χ0n) is 13.0. The largest absolute Gasteiger partial charge is 0.497 e. The molecule has 2 aromatic rings. The van der Waals surface area contributed by atoms with Crippen molar-refractivity contribution in [1.29, 1.82) is 0 Å². The van der Waals surface area contributed by atoms with Crippen molar-refractivity contribution in [1.82, 2.24) is 4.90 Å². The summed E-state index contributed by atoms with van der Waals surface area (Å²) in [6.07, 6.45) is 2.92. The van der Waals surface area contributed by atoms with Crippen molar-refractivity contribution in [3.05, 3.63) is 53.5 Å². The van der Waals surface area contributed by atoms with Gasteiger partial charge in [-0.25, -0.2) is 0 Å². The number of carbonyl (C=O) groups excluding carboxylic acids is 1. The van der Waals surface area contributed by atoms with Crippen molar-refractivity contribution in [2.75, 3.05) is 13.7 Å². The maximum absolute atomic E-state index is 12.6. The molecule has 0 spiro atoms. The Kier molecular flexibility index (Phi) is 4.18. The summed E-state index contributed by atoms with van der Waals surface area (Å²) >= 11 is 0. The monoisotopic (exact) mass is 299 g/mol. The zero-order chi connectivity index (χ0) is 15.5. The summed E-state index contributed by atoms with van der Waals surface area (Å²) in [6.45, 7) is 2.65. The van der Waals surface area contributed by atoms with Gasteiger partial charge in [-0.15, -0.1) is 0 Å². The molecule has 1 aliphatic heterocycles. The predicted molar refractivity (Wildman–Crippen MR) is 84.2 cm³/mol. The lowest BCUT2D eigenvalue weighted by Crippen LogP contribution is -2.36. The number of furan rings is 1. The van der Waals surface area contributed by atoms with E-state index >= 15 is 0 Å². The number of methoxy groups -OCH3 is 1. The van der Waals surface area contributed by atoms with Crippen LogP contribution in [0.15, 0.2) is 40.8 Å². The van der Waals surface area contributed by atoms with E-state index < -0.39 is 0 Å². The van der Waals surface area contributed by atoms with Gasteiger partial charge < -0.3 is 14.1 Å². The fraction of sp³-hybridized carbons (Fsp3) is 0.389. The highest BCUT2D eigenvalue weighted by Crippen LogP contribution is 2.25. The van der Waals surface area contributed by atoms with Crippen LogP contribution in [0.5, 0.6) is 5.75 Å². The van der Waals surface area contributed by atoms with Gasteiger partial charge in [0.2, 0.25) is 0 Å². The Morgan fingerprint density at radius 3 is 2.95 bits per heavy atom. The quantitative estimate of drug-likeness (QED) is 0.868. The van der Waals surface area contributed by atoms with Crippen molar-refractivity contribution in [2.45, 2.75) is 32.2 Å². The third-order valence-electron chi connectivity index (χ3n) is 4.19. The molecule has 0 bridgehead atoms. The number of carbonyl (C=O) groups is 1. The fourth-order valence-corrected chi connectivity index (χ4v) is 3.08. The Morgan fingerprint density at radius 2 is 2.23 bits per heavy atom. The SMILES string of the molecule is COc1cccc(CC2CCCN2C(=O)c2ccc(C)o2)c1. The highest BCUT2D eigenvalue weighted by Gasteiger charge is 2.30.